The molecule has 0 atom stereocenters. The quantitative estimate of drug-likeness (QED) is 0.367. The molecule has 0 amide bonds. The maximum Gasteiger partial charge on any atom is 0.344 e. The third-order valence-electron chi connectivity index (χ3n) is 4.31. The van der Waals surface area contributed by atoms with E-state index in [4.69, 9.17) is 4.42 Å². The maximum atomic E-state index is 12.7. The number of fused-ring (bicyclic) bond motifs is 3. The molecule has 4 heteroatoms. The van der Waals surface area contributed by atoms with E-state index in [0.717, 1.165) is 31.8 Å². The minimum absolute atomic E-state index is 0.280. The van der Waals surface area contributed by atoms with Gasteiger partial charge < -0.3 is 4.42 Å². The van der Waals surface area contributed by atoms with Crippen LogP contribution in [0.2, 0.25) is 0 Å². The summed E-state index contributed by atoms with van der Waals surface area (Å²) < 4.78 is 5.80. The smallest absolute Gasteiger partial charge is 0.344 e. The molecule has 2 aliphatic carbocycles. The normalized spacial score (nSPS) is 11.4. The van der Waals surface area contributed by atoms with E-state index in [0.29, 0.717) is 11.1 Å². The second kappa shape index (κ2) is 5.69. The summed E-state index contributed by atoms with van der Waals surface area (Å²) >= 11 is 3.24. The summed E-state index contributed by atoms with van der Waals surface area (Å²) in [5.74, 6) is 0.661. The SMILES string of the molecule is O=c1oc(-c2cccs2)c(-c2cccs2)c2c3cccccc-3cc12. The van der Waals surface area contributed by atoms with Crippen LogP contribution in [0.4, 0.5) is 0 Å². The molecule has 0 spiro atoms. The van der Waals surface area contributed by atoms with E-state index < -0.39 is 0 Å². The van der Waals surface area contributed by atoms with Gasteiger partial charge in [0.2, 0.25) is 0 Å². The second-order valence-corrected chi connectivity index (χ2v) is 7.66. The molecule has 0 unspecified atom stereocenters. The van der Waals surface area contributed by atoms with Crippen LogP contribution in [0, 0.1) is 0 Å². The standard InChI is InChI=1S/C21H12O2S2/c22-21-15-12-13-6-2-1-3-7-14(13)18(15)19(16-8-4-10-24-16)20(23-21)17-9-5-11-25-17/h1-12H. The highest BCUT2D eigenvalue weighted by Gasteiger charge is 2.23. The summed E-state index contributed by atoms with van der Waals surface area (Å²) in [6.07, 6.45) is 0. The Balaban J connectivity index is 2.02. The lowest BCUT2D eigenvalue weighted by atomic mass is 10.0. The van der Waals surface area contributed by atoms with Gasteiger partial charge in [-0.25, -0.2) is 4.79 Å². The fourth-order valence-corrected chi connectivity index (χ4v) is 4.75. The molecule has 25 heavy (non-hydrogen) atoms. The van der Waals surface area contributed by atoms with E-state index in [-0.39, 0.29) is 5.63 Å². The Labute approximate surface area is 152 Å². The van der Waals surface area contributed by atoms with Gasteiger partial charge in [-0.2, -0.15) is 0 Å². The third kappa shape index (κ3) is 2.26. The molecule has 0 N–H and O–H groups in total. The highest BCUT2D eigenvalue weighted by Crippen LogP contribution is 2.45. The van der Waals surface area contributed by atoms with Crippen LogP contribution in [0.15, 0.2) is 80.6 Å². The van der Waals surface area contributed by atoms with Crippen LogP contribution in [-0.4, -0.2) is 0 Å². The van der Waals surface area contributed by atoms with Crippen molar-refractivity contribution in [2.75, 3.05) is 0 Å². The van der Waals surface area contributed by atoms with Crippen LogP contribution in [0.5, 0.6) is 0 Å². The zero-order valence-electron chi connectivity index (χ0n) is 13.1. The summed E-state index contributed by atoms with van der Waals surface area (Å²) in [6, 6.07) is 20.1. The lowest BCUT2D eigenvalue weighted by Crippen LogP contribution is -2.00. The largest absolute Gasteiger partial charge is 0.421 e. The molecule has 5 rings (SSSR count). The lowest BCUT2D eigenvalue weighted by Gasteiger charge is -2.08. The van der Waals surface area contributed by atoms with E-state index in [1.807, 2.05) is 53.9 Å². The van der Waals surface area contributed by atoms with Gasteiger partial charge in [-0.3, -0.25) is 0 Å². The van der Waals surface area contributed by atoms with Crippen molar-refractivity contribution in [3.05, 3.63) is 81.8 Å². The number of thiophene rings is 2. The van der Waals surface area contributed by atoms with Gasteiger partial charge in [-0.05, 0) is 40.1 Å². The van der Waals surface area contributed by atoms with E-state index in [1.54, 1.807) is 22.7 Å². The summed E-state index contributed by atoms with van der Waals surface area (Å²) in [5, 5.41) is 5.68. The van der Waals surface area contributed by atoms with Crippen molar-refractivity contribution in [3.63, 3.8) is 0 Å². The molecule has 0 saturated heterocycles. The molecule has 0 saturated carbocycles. The van der Waals surface area contributed by atoms with Crippen molar-refractivity contribution in [1.82, 2.24) is 0 Å². The van der Waals surface area contributed by atoms with Gasteiger partial charge in [0.1, 0.15) is 0 Å². The molecule has 3 aromatic heterocycles. The van der Waals surface area contributed by atoms with Crippen LogP contribution in [0.1, 0.15) is 0 Å². The molecule has 0 fully saturated rings. The first-order valence-corrected chi connectivity index (χ1v) is 9.65. The predicted molar refractivity (Wildman–Crippen MR) is 106 cm³/mol. The number of hydrogen-bond acceptors (Lipinski definition) is 4. The molecule has 0 radical (unpaired) electrons. The van der Waals surface area contributed by atoms with E-state index >= 15 is 0 Å². The molecule has 2 aliphatic rings. The van der Waals surface area contributed by atoms with Gasteiger partial charge in [0.15, 0.2) is 5.76 Å². The van der Waals surface area contributed by atoms with Gasteiger partial charge in [0.05, 0.1) is 10.3 Å². The average Bonchev–Trinajstić information content (AvgIpc) is 3.34. The van der Waals surface area contributed by atoms with Gasteiger partial charge in [-0.15, -0.1) is 22.7 Å². The van der Waals surface area contributed by atoms with Crippen molar-refractivity contribution in [2.24, 2.45) is 0 Å². The van der Waals surface area contributed by atoms with Gasteiger partial charge >= 0.3 is 5.63 Å². The van der Waals surface area contributed by atoms with Gasteiger partial charge in [0.25, 0.3) is 0 Å². The maximum absolute atomic E-state index is 12.7. The molecule has 2 nitrogen and oxygen atoms in total. The van der Waals surface area contributed by atoms with Crippen molar-refractivity contribution in [1.29, 1.82) is 0 Å². The zero-order valence-corrected chi connectivity index (χ0v) is 14.7. The van der Waals surface area contributed by atoms with E-state index in [1.165, 1.54) is 0 Å². The van der Waals surface area contributed by atoms with Crippen LogP contribution in [-0.2, 0) is 0 Å². The first-order chi connectivity index (χ1) is 12.3. The van der Waals surface area contributed by atoms with Crippen molar-refractivity contribution < 1.29 is 4.42 Å². The molecule has 0 aromatic carbocycles. The first-order valence-electron chi connectivity index (χ1n) is 7.89. The highest BCUT2D eigenvalue weighted by atomic mass is 32.1. The van der Waals surface area contributed by atoms with Crippen molar-refractivity contribution in [3.8, 4) is 32.2 Å². The first kappa shape index (κ1) is 14.6. The van der Waals surface area contributed by atoms with Crippen molar-refractivity contribution in [2.45, 2.75) is 0 Å². The molecular weight excluding hydrogens is 348 g/mol. The molecule has 0 aliphatic heterocycles. The summed E-state index contributed by atoms with van der Waals surface area (Å²) in [7, 11) is 0. The average molecular weight is 360 g/mol. The Morgan fingerprint density at radius 2 is 1.56 bits per heavy atom. The lowest BCUT2D eigenvalue weighted by molar-refractivity contribution is 0.538. The van der Waals surface area contributed by atoms with Crippen LogP contribution >= 0.6 is 22.7 Å². The fraction of sp³-hybridized carbons (Fsp3) is 0. The monoisotopic (exact) mass is 360 g/mol. The van der Waals surface area contributed by atoms with E-state index in [2.05, 4.69) is 17.5 Å². The molecular formula is C21H12O2S2. The minimum Gasteiger partial charge on any atom is -0.421 e. The van der Waals surface area contributed by atoms with Gasteiger partial charge in [-0.1, -0.05) is 42.5 Å². The fourth-order valence-electron chi connectivity index (χ4n) is 3.27. The Bertz CT molecular complexity index is 1200. The summed E-state index contributed by atoms with van der Waals surface area (Å²) in [6.45, 7) is 0. The van der Waals surface area contributed by atoms with Crippen molar-refractivity contribution >= 4 is 33.4 Å². The summed E-state index contributed by atoms with van der Waals surface area (Å²) in [4.78, 5) is 14.8. The van der Waals surface area contributed by atoms with Crippen LogP contribution in [0.25, 0.3) is 43.0 Å². The Morgan fingerprint density at radius 3 is 2.32 bits per heavy atom. The number of rotatable bonds is 2. The molecule has 3 heterocycles. The Hall–Kier alpha value is -2.69. The Morgan fingerprint density at radius 1 is 0.800 bits per heavy atom. The second-order valence-electron chi connectivity index (χ2n) is 5.76. The minimum atomic E-state index is -0.280. The molecule has 0 bridgehead atoms. The Kier molecular flexibility index (Phi) is 3.33. The predicted octanol–water partition coefficient (Wildman–Crippen LogP) is 6.35. The van der Waals surface area contributed by atoms with Crippen LogP contribution in [0.3, 0.4) is 0 Å². The third-order valence-corrected chi connectivity index (χ3v) is 6.07. The zero-order chi connectivity index (χ0) is 16.8. The van der Waals surface area contributed by atoms with Gasteiger partial charge in [0, 0.05) is 15.8 Å². The summed E-state index contributed by atoms with van der Waals surface area (Å²) in [5.41, 5.74) is 2.85. The van der Waals surface area contributed by atoms with E-state index in [9.17, 15) is 4.79 Å². The van der Waals surface area contributed by atoms with Crippen LogP contribution < -0.4 is 5.63 Å². The number of hydrogen-bond donors (Lipinski definition) is 0. The topological polar surface area (TPSA) is 30.2 Å². The molecule has 120 valence electrons. The molecule has 3 aromatic rings. The highest BCUT2D eigenvalue weighted by molar-refractivity contribution is 7.14.